The van der Waals surface area contributed by atoms with E-state index in [0.29, 0.717) is 11.5 Å². The maximum atomic E-state index is 13.1. The molecule has 0 amide bonds. The Bertz CT molecular complexity index is 499. The van der Waals surface area contributed by atoms with Gasteiger partial charge in [-0.05, 0) is 59.0 Å². The number of hydrogen-bond donors (Lipinski definition) is 1. The lowest BCUT2D eigenvalue weighted by Crippen LogP contribution is -1.95. The second-order valence-electron chi connectivity index (χ2n) is 3.21. The number of halogens is 2. The Labute approximate surface area is 106 Å². The van der Waals surface area contributed by atoms with Crippen molar-refractivity contribution in [1.82, 2.24) is 0 Å². The van der Waals surface area contributed by atoms with Gasteiger partial charge in [0.05, 0.1) is 0 Å². The quantitative estimate of drug-likeness (QED) is 0.672. The van der Waals surface area contributed by atoms with Gasteiger partial charge >= 0.3 is 0 Å². The lowest BCUT2D eigenvalue weighted by molar-refractivity contribution is 0.480. The number of para-hydroxylation sites is 1. The van der Waals surface area contributed by atoms with Crippen LogP contribution in [0.25, 0.3) is 0 Å². The highest BCUT2D eigenvalue weighted by atomic mass is 127. The molecule has 82 valence electrons. The van der Waals surface area contributed by atoms with Gasteiger partial charge in [0.2, 0.25) is 0 Å². The summed E-state index contributed by atoms with van der Waals surface area (Å²) in [4.78, 5) is 0. The van der Waals surface area contributed by atoms with Crippen LogP contribution in [0.15, 0.2) is 42.5 Å². The summed E-state index contributed by atoms with van der Waals surface area (Å²) in [5.41, 5.74) is 5.59. The van der Waals surface area contributed by atoms with Gasteiger partial charge in [0.25, 0.3) is 0 Å². The van der Waals surface area contributed by atoms with Gasteiger partial charge < -0.3 is 10.5 Å². The van der Waals surface area contributed by atoms with E-state index in [-0.39, 0.29) is 5.69 Å². The molecule has 4 heteroatoms. The van der Waals surface area contributed by atoms with E-state index in [0.717, 1.165) is 3.57 Å². The third-order valence-electron chi connectivity index (χ3n) is 2.05. The fourth-order valence-electron chi connectivity index (χ4n) is 1.24. The zero-order valence-electron chi connectivity index (χ0n) is 8.28. The second kappa shape index (κ2) is 4.69. The van der Waals surface area contributed by atoms with Gasteiger partial charge in [-0.25, -0.2) is 4.39 Å². The van der Waals surface area contributed by atoms with Crippen LogP contribution in [-0.2, 0) is 0 Å². The molecule has 0 radical (unpaired) electrons. The summed E-state index contributed by atoms with van der Waals surface area (Å²) in [6.07, 6.45) is 0. The molecule has 2 aromatic carbocycles. The SMILES string of the molecule is Nc1c(F)cccc1Oc1ccc(I)cc1. The van der Waals surface area contributed by atoms with Crippen LogP contribution >= 0.6 is 22.6 Å². The van der Waals surface area contributed by atoms with Gasteiger partial charge in [0.15, 0.2) is 5.75 Å². The highest BCUT2D eigenvalue weighted by Gasteiger charge is 2.06. The maximum absolute atomic E-state index is 13.1. The van der Waals surface area contributed by atoms with Gasteiger partial charge in [-0.1, -0.05) is 6.07 Å². The third kappa shape index (κ3) is 2.44. The first kappa shape index (κ1) is 11.2. The summed E-state index contributed by atoms with van der Waals surface area (Å²) in [6.45, 7) is 0. The van der Waals surface area contributed by atoms with Crippen molar-refractivity contribution in [1.29, 1.82) is 0 Å². The molecule has 0 aromatic heterocycles. The number of benzene rings is 2. The summed E-state index contributed by atoms with van der Waals surface area (Å²) in [5.74, 6) is 0.502. The van der Waals surface area contributed by atoms with Gasteiger partial charge in [0.1, 0.15) is 17.3 Å². The highest BCUT2D eigenvalue weighted by molar-refractivity contribution is 14.1. The van der Waals surface area contributed by atoms with Crippen LogP contribution < -0.4 is 10.5 Å². The number of nitrogens with two attached hydrogens (primary N) is 1. The third-order valence-corrected chi connectivity index (χ3v) is 2.77. The van der Waals surface area contributed by atoms with Gasteiger partial charge in [-0.3, -0.25) is 0 Å². The van der Waals surface area contributed by atoms with E-state index in [9.17, 15) is 4.39 Å². The predicted molar refractivity (Wildman–Crippen MR) is 70.0 cm³/mol. The molecule has 0 aliphatic heterocycles. The number of rotatable bonds is 2. The molecule has 2 aromatic rings. The summed E-state index contributed by atoms with van der Waals surface area (Å²) in [6, 6.07) is 11.9. The molecule has 0 heterocycles. The molecule has 2 N–H and O–H groups in total. The van der Waals surface area contributed by atoms with Gasteiger partial charge in [-0.2, -0.15) is 0 Å². The first-order chi connectivity index (χ1) is 7.66. The molecule has 2 rings (SSSR count). The van der Waals surface area contributed by atoms with Crippen molar-refractivity contribution in [3.05, 3.63) is 51.9 Å². The Morgan fingerprint density at radius 2 is 1.75 bits per heavy atom. The molecule has 0 aliphatic rings. The first-order valence-corrected chi connectivity index (χ1v) is 5.72. The maximum Gasteiger partial charge on any atom is 0.153 e. The Balaban J connectivity index is 2.27. The molecular weight excluding hydrogens is 320 g/mol. The molecule has 0 unspecified atom stereocenters. The van der Waals surface area contributed by atoms with E-state index in [1.807, 2.05) is 24.3 Å². The van der Waals surface area contributed by atoms with E-state index in [1.165, 1.54) is 6.07 Å². The summed E-state index contributed by atoms with van der Waals surface area (Å²) >= 11 is 2.20. The van der Waals surface area contributed by atoms with Crippen LogP contribution in [0.2, 0.25) is 0 Å². The highest BCUT2D eigenvalue weighted by Crippen LogP contribution is 2.29. The minimum Gasteiger partial charge on any atom is -0.455 e. The number of anilines is 1. The summed E-state index contributed by atoms with van der Waals surface area (Å²) in [5, 5.41) is 0. The standard InChI is InChI=1S/C12H9FINO/c13-10-2-1-3-11(12(10)15)16-9-6-4-8(14)5-7-9/h1-7H,15H2. The molecule has 0 saturated heterocycles. The molecule has 0 spiro atoms. The van der Waals surface area contributed by atoms with Crippen LogP contribution in [0.3, 0.4) is 0 Å². The molecule has 0 bridgehead atoms. The largest absolute Gasteiger partial charge is 0.455 e. The lowest BCUT2D eigenvalue weighted by Gasteiger charge is -2.08. The average molecular weight is 329 g/mol. The molecule has 0 fully saturated rings. The molecule has 2 nitrogen and oxygen atoms in total. The Morgan fingerprint density at radius 1 is 1.06 bits per heavy atom. The Hall–Kier alpha value is -1.30. The average Bonchev–Trinajstić information content (AvgIpc) is 2.28. The van der Waals surface area contributed by atoms with Crippen LogP contribution in [0.4, 0.5) is 10.1 Å². The van der Waals surface area contributed by atoms with Crippen molar-refractivity contribution in [2.75, 3.05) is 5.73 Å². The topological polar surface area (TPSA) is 35.2 Å². The minimum atomic E-state index is -0.469. The van der Waals surface area contributed by atoms with E-state index < -0.39 is 5.82 Å². The van der Waals surface area contributed by atoms with Crippen LogP contribution in [0, 0.1) is 9.39 Å². The predicted octanol–water partition coefficient (Wildman–Crippen LogP) is 3.80. The molecule has 16 heavy (non-hydrogen) atoms. The fraction of sp³-hybridized carbons (Fsp3) is 0. The molecule has 0 atom stereocenters. The number of nitrogen functional groups attached to an aromatic ring is 1. The van der Waals surface area contributed by atoms with Crippen LogP contribution in [0.5, 0.6) is 11.5 Å². The second-order valence-corrected chi connectivity index (χ2v) is 4.45. The van der Waals surface area contributed by atoms with E-state index in [4.69, 9.17) is 10.5 Å². The molecule has 0 aliphatic carbocycles. The van der Waals surface area contributed by atoms with Crippen molar-refractivity contribution in [2.24, 2.45) is 0 Å². The summed E-state index contributed by atoms with van der Waals surface area (Å²) in [7, 11) is 0. The van der Waals surface area contributed by atoms with Crippen molar-refractivity contribution in [2.45, 2.75) is 0 Å². The van der Waals surface area contributed by atoms with E-state index in [1.54, 1.807) is 12.1 Å². The molecule has 0 saturated carbocycles. The van der Waals surface area contributed by atoms with Crippen LogP contribution in [0.1, 0.15) is 0 Å². The molecular formula is C12H9FINO. The Kier molecular flexibility index (Phi) is 3.28. The normalized spacial score (nSPS) is 10.1. The number of ether oxygens (including phenoxy) is 1. The monoisotopic (exact) mass is 329 g/mol. The fourth-order valence-corrected chi connectivity index (χ4v) is 1.60. The number of hydrogen-bond acceptors (Lipinski definition) is 2. The van der Waals surface area contributed by atoms with E-state index in [2.05, 4.69) is 22.6 Å². The van der Waals surface area contributed by atoms with Gasteiger partial charge in [-0.15, -0.1) is 0 Å². The Morgan fingerprint density at radius 3 is 2.44 bits per heavy atom. The van der Waals surface area contributed by atoms with Crippen molar-refractivity contribution >= 4 is 28.3 Å². The van der Waals surface area contributed by atoms with Crippen molar-refractivity contribution in [3.63, 3.8) is 0 Å². The smallest absolute Gasteiger partial charge is 0.153 e. The van der Waals surface area contributed by atoms with E-state index >= 15 is 0 Å². The zero-order valence-corrected chi connectivity index (χ0v) is 10.4. The van der Waals surface area contributed by atoms with Gasteiger partial charge in [0, 0.05) is 3.57 Å². The van der Waals surface area contributed by atoms with Crippen LogP contribution in [-0.4, -0.2) is 0 Å². The minimum absolute atomic E-state index is 0.0288. The first-order valence-electron chi connectivity index (χ1n) is 4.64. The zero-order chi connectivity index (χ0) is 11.5. The van der Waals surface area contributed by atoms with Crippen molar-refractivity contribution < 1.29 is 9.13 Å². The van der Waals surface area contributed by atoms with Crippen molar-refractivity contribution in [3.8, 4) is 11.5 Å². The lowest BCUT2D eigenvalue weighted by atomic mass is 10.3. The summed E-state index contributed by atoms with van der Waals surface area (Å²) < 4.78 is 19.7.